The fourth-order valence-corrected chi connectivity index (χ4v) is 4.80. The number of ether oxygens (including phenoxy) is 3. The van der Waals surface area contributed by atoms with Crippen molar-refractivity contribution in [2.45, 2.75) is 50.7 Å². The van der Waals surface area contributed by atoms with Gasteiger partial charge in [0.2, 0.25) is 5.91 Å². The van der Waals surface area contributed by atoms with Crippen molar-refractivity contribution < 1.29 is 28.2 Å². The summed E-state index contributed by atoms with van der Waals surface area (Å²) in [5.74, 6) is 0.506. The van der Waals surface area contributed by atoms with E-state index >= 15 is 0 Å². The molecule has 0 saturated heterocycles. The Hall–Kier alpha value is -4.07. The van der Waals surface area contributed by atoms with Crippen LogP contribution in [-0.4, -0.2) is 49.6 Å². The molecule has 206 valence electrons. The Labute approximate surface area is 228 Å². The Morgan fingerprint density at radius 3 is 2.13 bits per heavy atom. The zero-order chi connectivity index (χ0) is 27.6. The summed E-state index contributed by atoms with van der Waals surface area (Å²) in [6.45, 7) is -0.182. The maximum Gasteiger partial charge on any atom is 0.261 e. The van der Waals surface area contributed by atoms with Gasteiger partial charge in [0, 0.05) is 37.2 Å². The lowest BCUT2D eigenvalue weighted by atomic mass is 10.0. The third-order valence-corrected chi connectivity index (χ3v) is 6.93. The summed E-state index contributed by atoms with van der Waals surface area (Å²) in [5.41, 5.74) is 1.64. The Balaban J connectivity index is 1.61. The van der Waals surface area contributed by atoms with Gasteiger partial charge in [-0.3, -0.25) is 9.59 Å². The molecule has 7 nitrogen and oxygen atoms in total. The van der Waals surface area contributed by atoms with E-state index < -0.39 is 6.04 Å². The number of benzene rings is 3. The van der Waals surface area contributed by atoms with E-state index in [1.807, 2.05) is 30.3 Å². The van der Waals surface area contributed by atoms with Gasteiger partial charge in [-0.25, -0.2) is 4.39 Å². The molecule has 4 rings (SSSR count). The van der Waals surface area contributed by atoms with Crippen molar-refractivity contribution in [2.24, 2.45) is 0 Å². The van der Waals surface area contributed by atoms with Crippen LogP contribution in [0.1, 0.15) is 36.8 Å². The summed E-state index contributed by atoms with van der Waals surface area (Å²) in [5, 5.41) is 3.17. The van der Waals surface area contributed by atoms with Gasteiger partial charge < -0.3 is 24.4 Å². The minimum absolute atomic E-state index is 0.0963. The third kappa shape index (κ3) is 7.96. The number of amides is 2. The van der Waals surface area contributed by atoms with E-state index in [2.05, 4.69) is 5.32 Å². The van der Waals surface area contributed by atoms with Crippen molar-refractivity contribution in [1.29, 1.82) is 0 Å². The maximum absolute atomic E-state index is 13.8. The van der Waals surface area contributed by atoms with Gasteiger partial charge in [0.1, 0.15) is 29.1 Å². The van der Waals surface area contributed by atoms with Crippen LogP contribution in [0.3, 0.4) is 0 Å². The SMILES string of the molecule is COc1cc(OC)cc(OCC(=O)N(Cc2ccc(F)cc2)C(Cc2ccccc2)C(=O)NC2CCCC2)c1. The highest BCUT2D eigenvalue weighted by Crippen LogP contribution is 2.28. The zero-order valence-corrected chi connectivity index (χ0v) is 22.4. The summed E-state index contributed by atoms with van der Waals surface area (Å²) in [6, 6.07) is 19.9. The van der Waals surface area contributed by atoms with Crippen molar-refractivity contribution in [3.63, 3.8) is 0 Å². The number of halogens is 1. The quantitative estimate of drug-likeness (QED) is 0.357. The number of hydrogen-bond acceptors (Lipinski definition) is 5. The molecule has 1 unspecified atom stereocenters. The molecular weight excluding hydrogens is 499 g/mol. The van der Waals surface area contributed by atoms with Crippen LogP contribution >= 0.6 is 0 Å². The second kappa shape index (κ2) is 13.6. The summed E-state index contributed by atoms with van der Waals surface area (Å²) in [6.07, 6.45) is 4.33. The van der Waals surface area contributed by atoms with Gasteiger partial charge in [-0.1, -0.05) is 55.3 Å². The van der Waals surface area contributed by atoms with Crippen molar-refractivity contribution >= 4 is 11.8 Å². The summed E-state index contributed by atoms with van der Waals surface area (Å²) in [4.78, 5) is 29.0. The molecule has 1 N–H and O–H groups in total. The average Bonchev–Trinajstić information content (AvgIpc) is 3.48. The molecule has 39 heavy (non-hydrogen) atoms. The number of nitrogens with zero attached hydrogens (tertiary/aromatic N) is 1. The fraction of sp³-hybridized carbons (Fsp3) is 0.355. The van der Waals surface area contributed by atoms with Gasteiger partial charge >= 0.3 is 0 Å². The molecule has 0 heterocycles. The van der Waals surface area contributed by atoms with Crippen LogP contribution in [0.5, 0.6) is 17.2 Å². The summed E-state index contributed by atoms with van der Waals surface area (Å²) in [7, 11) is 3.07. The predicted octanol–water partition coefficient (Wildman–Crippen LogP) is 4.92. The monoisotopic (exact) mass is 534 g/mol. The smallest absolute Gasteiger partial charge is 0.261 e. The number of hydrogen-bond donors (Lipinski definition) is 1. The molecule has 2 amide bonds. The molecule has 0 aliphatic heterocycles. The number of rotatable bonds is 12. The lowest BCUT2D eigenvalue weighted by Crippen LogP contribution is -2.53. The first-order valence-corrected chi connectivity index (χ1v) is 13.2. The van der Waals surface area contributed by atoms with Crippen LogP contribution in [-0.2, 0) is 22.6 Å². The van der Waals surface area contributed by atoms with E-state index in [1.54, 1.807) is 30.3 Å². The fourth-order valence-electron chi connectivity index (χ4n) is 4.80. The average molecular weight is 535 g/mol. The number of carbonyl (C=O) groups excluding carboxylic acids is 2. The standard InChI is InChI=1S/C31H35FN2O5/c1-37-26-17-27(38-2)19-28(18-26)39-21-30(35)34(20-23-12-14-24(32)15-13-23)29(16-22-8-4-3-5-9-22)31(36)33-25-10-6-7-11-25/h3-5,8-9,12-15,17-19,25,29H,6-7,10-11,16,20-21H2,1-2H3,(H,33,36). The molecule has 1 atom stereocenters. The molecule has 0 radical (unpaired) electrons. The maximum atomic E-state index is 13.8. The second-order valence-electron chi connectivity index (χ2n) is 9.68. The Morgan fingerprint density at radius 2 is 1.51 bits per heavy atom. The molecule has 0 spiro atoms. The number of carbonyl (C=O) groups is 2. The third-order valence-electron chi connectivity index (χ3n) is 6.93. The zero-order valence-electron chi connectivity index (χ0n) is 22.4. The number of methoxy groups -OCH3 is 2. The van der Waals surface area contributed by atoms with E-state index in [9.17, 15) is 14.0 Å². The minimum atomic E-state index is -0.783. The highest BCUT2D eigenvalue weighted by atomic mass is 19.1. The molecule has 1 saturated carbocycles. The van der Waals surface area contributed by atoms with Crippen LogP contribution < -0.4 is 19.5 Å². The van der Waals surface area contributed by atoms with Gasteiger partial charge in [-0.2, -0.15) is 0 Å². The first-order valence-electron chi connectivity index (χ1n) is 13.2. The molecule has 0 aromatic heterocycles. The van der Waals surface area contributed by atoms with Crippen molar-refractivity contribution in [3.05, 3.63) is 89.7 Å². The topological polar surface area (TPSA) is 77.1 Å². The van der Waals surface area contributed by atoms with E-state index in [0.29, 0.717) is 29.2 Å². The van der Waals surface area contributed by atoms with Crippen molar-refractivity contribution in [1.82, 2.24) is 10.2 Å². The van der Waals surface area contributed by atoms with Crippen LogP contribution in [0.4, 0.5) is 4.39 Å². The van der Waals surface area contributed by atoms with Gasteiger partial charge in [-0.05, 0) is 36.1 Å². The van der Waals surface area contributed by atoms with Crippen molar-refractivity contribution in [2.75, 3.05) is 20.8 Å². The molecule has 1 aliphatic rings. The Morgan fingerprint density at radius 1 is 0.897 bits per heavy atom. The molecule has 1 aliphatic carbocycles. The van der Waals surface area contributed by atoms with Crippen LogP contribution in [0.2, 0.25) is 0 Å². The molecule has 0 bridgehead atoms. The van der Waals surface area contributed by atoms with Crippen LogP contribution in [0.25, 0.3) is 0 Å². The number of nitrogens with one attached hydrogen (secondary N) is 1. The van der Waals surface area contributed by atoms with Gasteiger partial charge in [0.05, 0.1) is 14.2 Å². The van der Waals surface area contributed by atoms with Crippen LogP contribution in [0.15, 0.2) is 72.8 Å². The van der Waals surface area contributed by atoms with E-state index in [-0.39, 0.29) is 36.8 Å². The van der Waals surface area contributed by atoms with E-state index in [1.165, 1.54) is 31.3 Å². The summed E-state index contributed by atoms with van der Waals surface area (Å²) < 4.78 is 30.1. The molecule has 1 fully saturated rings. The van der Waals surface area contributed by atoms with Crippen molar-refractivity contribution in [3.8, 4) is 17.2 Å². The minimum Gasteiger partial charge on any atom is -0.496 e. The highest BCUT2D eigenvalue weighted by Gasteiger charge is 2.32. The molecule has 8 heteroatoms. The Kier molecular flexibility index (Phi) is 9.78. The molecular formula is C31H35FN2O5. The highest BCUT2D eigenvalue weighted by molar-refractivity contribution is 5.88. The van der Waals surface area contributed by atoms with Gasteiger partial charge in [-0.15, -0.1) is 0 Å². The molecule has 3 aromatic carbocycles. The lowest BCUT2D eigenvalue weighted by molar-refractivity contribution is -0.143. The largest absolute Gasteiger partial charge is 0.496 e. The van der Waals surface area contributed by atoms with Crippen LogP contribution in [0, 0.1) is 5.82 Å². The van der Waals surface area contributed by atoms with E-state index in [4.69, 9.17) is 14.2 Å². The second-order valence-corrected chi connectivity index (χ2v) is 9.68. The summed E-state index contributed by atoms with van der Waals surface area (Å²) >= 11 is 0. The predicted molar refractivity (Wildman–Crippen MR) is 146 cm³/mol. The lowest BCUT2D eigenvalue weighted by Gasteiger charge is -2.32. The first-order chi connectivity index (χ1) is 18.9. The van der Waals surface area contributed by atoms with Gasteiger partial charge in [0.15, 0.2) is 6.61 Å². The Bertz CT molecular complexity index is 1210. The van der Waals surface area contributed by atoms with E-state index in [0.717, 1.165) is 31.2 Å². The molecule has 3 aromatic rings. The van der Waals surface area contributed by atoms with Gasteiger partial charge in [0.25, 0.3) is 5.91 Å². The normalized spacial score (nSPS) is 13.9. The first kappa shape index (κ1) is 28.0.